The lowest BCUT2D eigenvalue weighted by atomic mass is 10.1. The Labute approximate surface area is 213 Å². The number of imidazole rings is 1. The summed E-state index contributed by atoms with van der Waals surface area (Å²) in [5, 5.41) is 15.7. The molecule has 1 unspecified atom stereocenters. The van der Waals surface area contributed by atoms with Gasteiger partial charge in [-0.25, -0.2) is 4.98 Å². The molecule has 0 aliphatic carbocycles. The van der Waals surface area contributed by atoms with Crippen LogP contribution in [-0.2, 0) is 0 Å². The largest absolute Gasteiger partial charge is 0.392 e. The lowest BCUT2D eigenvalue weighted by Crippen LogP contribution is -2.42. The van der Waals surface area contributed by atoms with E-state index in [9.17, 15) is 19.5 Å². The maximum absolute atomic E-state index is 13.0. The summed E-state index contributed by atoms with van der Waals surface area (Å²) >= 11 is 6.09. The van der Waals surface area contributed by atoms with Crippen molar-refractivity contribution in [1.82, 2.24) is 19.8 Å². The summed E-state index contributed by atoms with van der Waals surface area (Å²) in [6.07, 6.45) is 2.69. The Morgan fingerprint density at radius 3 is 2.56 bits per heavy atom. The highest BCUT2D eigenvalue weighted by atomic mass is 35.5. The highest BCUT2D eigenvalue weighted by Crippen LogP contribution is 2.20. The van der Waals surface area contributed by atoms with Crippen LogP contribution < -0.4 is 16.4 Å². The van der Waals surface area contributed by atoms with Gasteiger partial charge in [-0.2, -0.15) is 0 Å². The molecule has 5 N–H and O–H groups in total. The van der Waals surface area contributed by atoms with Crippen LogP contribution in [0, 0.1) is 0 Å². The minimum Gasteiger partial charge on any atom is -0.392 e. The molecule has 0 bridgehead atoms. The molecule has 0 spiro atoms. The maximum Gasteiger partial charge on any atom is 0.270 e. The Bertz CT molecular complexity index is 1260. The van der Waals surface area contributed by atoms with Gasteiger partial charge in [0.25, 0.3) is 17.7 Å². The van der Waals surface area contributed by atoms with Crippen LogP contribution in [0.3, 0.4) is 0 Å². The second-order valence-corrected chi connectivity index (χ2v) is 8.92. The molecule has 10 nitrogen and oxygen atoms in total. The normalized spacial score (nSPS) is 15.9. The number of nitrogens with one attached hydrogen (secondary N) is 2. The van der Waals surface area contributed by atoms with Gasteiger partial charge >= 0.3 is 0 Å². The molecule has 3 amide bonds. The lowest BCUT2D eigenvalue weighted by Gasteiger charge is -2.29. The zero-order chi connectivity index (χ0) is 25.7. The molecule has 3 aromatic rings. The van der Waals surface area contributed by atoms with Crippen molar-refractivity contribution in [3.8, 4) is 5.69 Å². The Kier molecular flexibility index (Phi) is 7.99. The van der Waals surface area contributed by atoms with Gasteiger partial charge in [0.15, 0.2) is 5.69 Å². The molecule has 188 valence electrons. The number of β-amino-alcohol motifs (C(OH)–C–C–N with tert-alkyl or cyclic N) is 1. The maximum atomic E-state index is 13.0. The van der Waals surface area contributed by atoms with Gasteiger partial charge < -0.3 is 21.5 Å². The average molecular weight is 511 g/mol. The Morgan fingerprint density at radius 1 is 1.11 bits per heavy atom. The first-order valence-corrected chi connectivity index (χ1v) is 11.9. The second kappa shape index (κ2) is 11.3. The number of aromatic nitrogens is 2. The topological polar surface area (TPSA) is 143 Å². The van der Waals surface area contributed by atoms with E-state index in [2.05, 4.69) is 20.5 Å². The van der Waals surface area contributed by atoms with Crippen LogP contribution in [0.4, 0.5) is 5.69 Å². The third-order valence-corrected chi connectivity index (χ3v) is 6.26. The summed E-state index contributed by atoms with van der Waals surface area (Å²) in [6.45, 7) is 2.33. The number of piperidine rings is 1. The van der Waals surface area contributed by atoms with Gasteiger partial charge in [-0.15, -0.1) is 0 Å². The molecule has 0 radical (unpaired) electrons. The fraction of sp³-hybridized carbons (Fsp3) is 0.280. The van der Waals surface area contributed by atoms with Crippen molar-refractivity contribution in [2.75, 3.05) is 31.5 Å². The van der Waals surface area contributed by atoms with Crippen LogP contribution in [0.1, 0.15) is 44.2 Å². The van der Waals surface area contributed by atoms with E-state index in [1.807, 2.05) is 0 Å². The number of likely N-dealkylation sites (tertiary alicyclic amines) is 1. The van der Waals surface area contributed by atoms with Crippen LogP contribution in [0.25, 0.3) is 5.69 Å². The van der Waals surface area contributed by atoms with E-state index in [4.69, 9.17) is 17.3 Å². The van der Waals surface area contributed by atoms with Crippen molar-refractivity contribution in [2.24, 2.45) is 5.73 Å². The molecule has 1 fully saturated rings. The van der Waals surface area contributed by atoms with Gasteiger partial charge in [0.1, 0.15) is 12.0 Å². The second-order valence-electron chi connectivity index (χ2n) is 8.51. The number of aliphatic hydroxyl groups is 1. The lowest BCUT2D eigenvalue weighted by molar-refractivity contribution is 0.0701. The van der Waals surface area contributed by atoms with E-state index < -0.39 is 11.8 Å². The quantitative estimate of drug-likeness (QED) is 0.365. The van der Waals surface area contributed by atoms with Crippen LogP contribution in [0.2, 0.25) is 5.02 Å². The number of nitrogens with zero attached hydrogens (tertiary/aromatic N) is 3. The van der Waals surface area contributed by atoms with Crippen LogP contribution in [0.5, 0.6) is 0 Å². The summed E-state index contributed by atoms with van der Waals surface area (Å²) in [5.41, 5.74) is 6.76. The number of aliphatic hydroxyl groups excluding tert-OH is 1. The number of benzene rings is 2. The number of rotatable bonds is 8. The number of carbonyl (C=O) groups is 3. The van der Waals surface area contributed by atoms with Crippen molar-refractivity contribution < 1.29 is 19.5 Å². The van der Waals surface area contributed by atoms with E-state index >= 15 is 0 Å². The number of anilines is 1. The molecular formula is C25H27ClN6O4. The third-order valence-electron chi connectivity index (χ3n) is 5.93. The van der Waals surface area contributed by atoms with Crippen molar-refractivity contribution in [2.45, 2.75) is 18.9 Å². The summed E-state index contributed by atoms with van der Waals surface area (Å²) in [7, 11) is 0. The molecule has 1 atom stereocenters. The SMILES string of the molecule is NC(=O)c1ncn(-c2ccc(NC(=O)c3ccccc3Cl)cc2)c1C(=O)NCCN1CCCC(O)C1. The van der Waals surface area contributed by atoms with Crippen molar-refractivity contribution >= 4 is 35.0 Å². The molecule has 36 heavy (non-hydrogen) atoms. The summed E-state index contributed by atoms with van der Waals surface area (Å²) in [4.78, 5) is 43.6. The minimum absolute atomic E-state index is 0.0223. The number of carbonyl (C=O) groups excluding carboxylic acids is 3. The first kappa shape index (κ1) is 25.4. The highest BCUT2D eigenvalue weighted by Gasteiger charge is 2.24. The standard InChI is InChI=1S/C25H27ClN6O4/c26-20-6-2-1-5-19(20)24(35)30-16-7-9-17(10-8-16)32-15-29-21(23(27)34)22(32)25(36)28-11-13-31-12-3-4-18(33)14-31/h1-2,5-10,15,18,33H,3-4,11-14H2,(H2,27,34)(H,28,36)(H,30,35). The van der Waals surface area contributed by atoms with Gasteiger partial charge in [-0.05, 0) is 55.8 Å². The molecule has 0 saturated carbocycles. The Morgan fingerprint density at radius 2 is 1.86 bits per heavy atom. The van der Waals surface area contributed by atoms with Crippen LogP contribution >= 0.6 is 11.6 Å². The first-order chi connectivity index (χ1) is 17.3. The Balaban J connectivity index is 1.47. The fourth-order valence-electron chi connectivity index (χ4n) is 4.14. The zero-order valence-electron chi connectivity index (χ0n) is 19.5. The molecule has 1 aromatic heterocycles. The summed E-state index contributed by atoms with van der Waals surface area (Å²) in [6, 6.07) is 13.4. The average Bonchev–Trinajstić information content (AvgIpc) is 3.30. The zero-order valence-corrected chi connectivity index (χ0v) is 20.2. The van der Waals surface area contributed by atoms with Gasteiger partial charge in [-0.3, -0.25) is 23.9 Å². The van der Waals surface area contributed by atoms with Crippen molar-refractivity contribution in [3.05, 3.63) is 76.8 Å². The predicted molar refractivity (Wildman–Crippen MR) is 136 cm³/mol. The minimum atomic E-state index is -0.818. The highest BCUT2D eigenvalue weighted by molar-refractivity contribution is 6.34. The monoisotopic (exact) mass is 510 g/mol. The van der Waals surface area contributed by atoms with Crippen molar-refractivity contribution in [1.29, 1.82) is 0 Å². The van der Waals surface area contributed by atoms with Gasteiger partial charge in [0.2, 0.25) is 0 Å². The number of hydrogen-bond acceptors (Lipinski definition) is 6. The summed E-state index contributed by atoms with van der Waals surface area (Å²) < 4.78 is 1.47. The van der Waals surface area contributed by atoms with Gasteiger partial charge in [0.05, 0.1) is 16.7 Å². The van der Waals surface area contributed by atoms with E-state index in [0.717, 1.165) is 19.4 Å². The predicted octanol–water partition coefficient (Wildman–Crippen LogP) is 2.06. The van der Waals surface area contributed by atoms with Crippen LogP contribution in [-0.4, -0.2) is 69.6 Å². The third kappa shape index (κ3) is 5.91. The number of halogens is 1. The number of amides is 3. The number of primary amides is 1. The van der Waals surface area contributed by atoms with Gasteiger partial charge in [-0.1, -0.05) is 23.7 Å². The fourth-order valence-corrected chi connectivity index (χ4v) is 4.36. The molecule has 4 rings (SSSR count). The molecule has 1 aliphatic heterocycles. The van der Waals surface area contributed by atoms with Gasteiger partial charge in [0, 0.05) is 31.0 Å². The molecule has 2 heterocycles. The Hall–Kier alpha value is -3.73. The first-order valence-electron chi connectivity index (χ1n) is 11.6. The molecule has 1 saturated heterocycles. The van der Waals surface area contributed by atoms with Crippen LogP contribution in [0.15, 0.2) is 54.9 Å². The van der Waals surface area contributed by atoms with Crippen molar-refractivity contribution in [3.63, 3.8) is 0 Å². The van der Waals surface area contributed by atoms with E-state index in [1.54, 1.807) is 48.5 Å². The van der Waals surface area contributed by atoms with E-state index in [1.165, 1.54) is 10.9 Å². The summed E-state index contributed by atoms with van der Waals surface area (Å²) in [5.74, 6) is -1.66. The molecule has 1 aliphatic rings. The molecule has 2 aromatic carbocycles. The van der Waals surface area contributed by atoms with E-state index in [0.29, 0.717) is 41.6 Å². The molecular weight excluding hydrogens is 484 g/mol. The smallest absolute Gasteiger partial charge is 0.270 e. The molecule has 11 heteroatoms. The number of nitrogens with two attached hydrogens (primary N) is 1. The van der Waals surface area contributed by atoms with E-state index in [-0.39, 0.29) is 23.4 Å². The number of hydrogen-bond donors (Lipinski definition) is 4.